The second-order valence-corrected chi connectivity index (χ2v) is 4.93. The van der Waals surface area contributed by atoms with Crippen molar-refractivity contribution in [3.63, 3.8) is 0 Å². The average Bonchev–Trinajstić information content (AvgIpc) is 2.89. The van der Waals surface area contributed by atoms with Crippen LogP contribution in [0.5, 0.6) is 5.75 Å². The summed E-state index contributed by atoms with van der Waals surface area (Å²) in [7, 11) is 0. The van der Waals surface area contributed by atoms with Gasteiger partial charge in [-0.25, -0.2) is 0 Å². The summed E-state index contributed by atoms with van der Waals surface area (Å²) in [6, 6.07) is 12.3. The Balaban J connectivity index is 1.92. The van der Waals surface area contributed by atoms with E-state index >= 15 is 0 Å². The van der Waals surface area contributed by atoms with Crippen molar-refractivity contribution in [3.05, 3.63) is 54.0 Å². The number of benzene rings is 1. The van der Waals surface area contributed by atoms with Crippen LogP contribution in [0.25, 0.3) is 0 Å². The number of furan rings is 1. The van der Waals surface area contributed by atoms with E-state index in [-0.39, 0.29) is 12.1 Å². The van der Waals surface area contributed by atoms with Crippen LogP contribution in [0, 0.1) is 0 Å². The smallest absolute Gasteiger partial charge is 0.120 e. The zero-order valence-electron chi connectivity index (χ0n) is 11.7. The van der Waals surface area contributed by atoms with Gasteiger partial charge in [0.1, 0.15) is 11.5 Å². The summed E-state index contributed by atoms with van der Waals surface area (Å²) in [5.41, 5.74) is 1.21. The number of rotatable bonds is 6. The van der Waals surface area contributed by atoms with Crippen LogP contribution in [0.2, 0.25) is 0 Å². The lowest BCUT2D eigenvalue weighted by atomic mass is 10.2. The van der Waals surface area contributed by atoms with Crippen molar-refractivity contribution in [1.82, 2.24) is 5.32 Å². The Kier molecular flexibility index (Phi) is 4.63. The Morgan fingerprint density at radius 2 is 2.00 bits per heavy atom. The van der Waals surface area contributed by atoms with E-state index in [4.69, 9.17) is 9.15 Å². The first-order chi connectivity index (χ1) is 9.15. The summed E-state index contributed by atoms with van der Waals surface area (Å²) in [5.74, 6) is 1.87. The fourth-order valence-corrected chi connectivity index (χ4v) is 1.91. The lowest BCUT2D eigenvalue weighted by molar-refractivity contribution is 0.242. The molecule has 0 spiro atoms. The highest BCUT2D eigenvalue weighted by Gasteiger charge is 2.07. The highest BCUT2D eigenvalue weighted by Crippen LogP contribution is 2.17. The topological polar surface area (TPSA) is 34.4 Å². The van der Waals surface area contributed by atoms with Gasteiger partial charge in [0.2, 0.25) is 0 Å². The maximum absolute atomic E-state index is 5.69. The van der Waals surface area contributed by atoms with Crippen molar-refractivity contribution in [2.45, 2.75) is 39.5 Å². The van der Waals surface area contributed by atoms with Gasteiger partial charge in [0.15, 0.2) is 0 Å². The molecule has 3 nitrogen and oxygen atoms in total. The SMILES string of the molecule is CC(C)Oc1cccc(CN[C@H](C)c2ccco2)c1. The Morgan fingerprint density at radius 1 is 1.16 bits per heavy atom. The summed E-state index contributed by atoms with van der Waals surface area (Å²) in [6.07, 6.45) is 1.90. The Hall–Kier alpha value is -1.74. The molecule has 102 valence electrons. The molecule has 0 saturated heterocycles. The molecular weight excluding hydrogens is 238 g/mol. The predicted molar refractivity (Wildman–Crippen MR) is 76.2 cm³/mol. The molecule has 2 rings (SSSR count). The molecule has 1 heterocycles. The van der Waals surface area contributed by atoms with Crippen LogP contribution in [-0.2, 0) is 6.54 Å². The molecule has 1 N–H and O–H groups in total. The van der Waals surface area contributed by atoms with Gasteiger partial charge in [-0.1, -0.05) is 12.1 Å². The number of nitrogens with one attached hydrogen (secondary N) is 1. The molecule has 0 aliphatic rings. The van der Waals surface area contributed by atoms with Crippen molar-refractivity contribution < 1.29 is 9.15 Å². The first kappa shape index (κ1) is 13.7. The van der Waals surface area contributed by atoms with Crippen molar-refractivity contribution in [3.8, 4) is 5.75 Å². The van der Waals surface area contributed by atoms with Crippen molar-refractivity contribution in [1.29, 1.82) is 0 Å². The summed E-state index contributed by atoms with van der Waals surface area (Å²) < 4.78 is 11.1. The molecule has 0 bridgehead atoms. The second kappa shape index (κ2) is 6.43. The minimum Gasteiger partial charge on any atom is -0.491 e. The largest absolute Gasteiger partial charge is 0.491 e. The van der Waals surface area contributed by atoms with Gasteiger partial charge in [-0.05, 0) is 50.6 Å². The molecule has 0 aliphatic carbocycles. The quantitative estimate of drug-likeness (QED) is 0.854. The van der Waals surface area contributed by atoms with Gasteiger partial charge in [0, 0.05) is 6.54 Å². The van der Waals surface area contributed by atoms with Crippen molar-refractivity contribution >= 4 is 0 Å². The van der Waals surface area contributed by atoms with Gasteiger partial charge in [0.05, 0.1) is 18.4 Å². The molecular formula is C16H21NO2. The Labute approximate surface area is 114 Å². The third-order valence-electron chi connectivity index (χ3n) is 2.85. The summed E-state index contributed by atoms with van der Waals surface area (Å²) >= 11 is 0. The van der Waals surface area contributed by atoms with Gasteiger partial charge in [-0.2, -0.15) is 0 Å². The van der Waals surface area contributed by atoms with E-state index in [0.717, 1.165) is 18.1 Å². The third kappa shape index (κ3) is 4.14. The molecule has 19 heavy (non-hydrogen) atoms. The monoisotopic (exact) mass is 259 g/mol. The molecule has 3 heteroatoms. The third-order valence-corrected chi connectivity index (χ3v) is 2.85. The van der Waals surface area contributed by atoms with Crippen LogP contribution >= 0.6 is 0 Å². The number of hydrogen-bond donors (Lipinski definition) is 1. The van der Waals surface area contributed by atoms with Gasteiger partial charge in [-0.15, -0.1) is 0 Å². The van der Waals surface area contributed by atoms with Crippen LogP contribution in [0.4, 0.5) is 0 Å². The standard InChI is InChI=1S/C16H21NO2/c1-12(2)19-15-7-4-6-14(10-15)11-17-13(3)16-8-5-9-18-16/h4-10,12-13,17H,11H2,1-3H3/t13-/m1/s1. The first-order valence-electron chi connectivity index (χ1n) is 6.67. The van der Waals surface area contributed by atoms with Crippen molar-refractivity contribution in [2.24, 2.45) is 0 Å². The Morgan fingerprint density at radius 3 is 2.68 bits per heavy atom. The molecule has 2 aromatic rings. The van der Waals surface area contributed by atoms with E-state index in [2.05, 4.69) is 24.4 Å². The zero-order chi connectivity index (χ0) is 13.7. The maximum Gasteiger partial charge on any atom is 0.120 e. The van der Waals surface area contributed by atoms with E-state index in [1.807, 2.05) is 38.1 Å². The van der Waals surface area contributed by atoms with E-state index in [1.54, 1.807) is 6.26 Å². The summed E-state index contributed by atoms with van der Waals surface area (Å²) in [5, 5.41) is 3.43. The first-order valence-corrected chi connectivity index (χ1v) is 6.67. The maximum atomic E-state index is 5.69. The van der Waals surface area contributed by atoms with Crippen LogP contribution in [0.3, 0.4) is 0 Å². The molecule has 0 fully saturated rings. The molecule has 0 amide bonds. The normalized spacial score (nSPS) is 12.6. The average molecular weight is 259 g/mol. The van der Waals surface area contributed by atoms with Crippen LogP contribution in [0.1, 0.15) is 38.1 Å². The van der Waals surface area contributed by atoms with Crippen LogP contribution < -0.4 is 10.1 Å². The minimum atomic E-state index is 0.199. The predicted octanol–water partition coefficient (Wildman–Crippen LogP) is 3.92. The summed E-state index contributed by atoms with van der Waals surface area (Å²) in [6.45, 7) is 6.94. The molecule has 0 saturated carbocycles. The van der Waals surface area contributed by atoms with Crippen LogP contribution in [-0.4, -0.2) is 6.10 Å². The van der Waals surface area contributed by atoms with Gasteiger partial charge >= 0.3 is 0 Å². The van der Waals surface area contributed by atoms with E-state index in [1.165, 1.54) is 5.56 Å². The van der Waals surface area contributed by atoms with E-state index in [9.17, 15) is 0 Å². The fraction of sp³-hybridized carbons (Fsp3) is 0.375. The molecule has 1 aromatic heterocycles. The molecule has 1 atom stereocenters. The van der Waals surface area contributed by atoms with Gasteiger partial charge in [0.25, 0.3) is 0 Å². The summed E-state index contributed by atoms with van der Waals surface area (Å²) in [4.78, 5) is 0. The van der Waals surface area contributed by atoms with E-state index in [0.29, 0.717) is 0 Å². The molecule has 0 aliphatic heterocycles. The lowest BCUT2D eigenvalue weighted by Crippen LogP contribution is -2.17. The van der Waals surface area contributed by atoms with Crippen molar-refractivity contribution in [2.75, 3.05) is 0 Å². The minimum absolute atomic E-state index is 0.199. The van der Waals surface area contributed by atoms with Gasteiger partial charge < -0.3 is 14.5 Å². The zero-order valence-corrected chi connectivity index (χ0v) is 11.7. The highest BCUT2D eigenvalue weighted by molar-refractivity contribution is 5.28. The van der Waals surface area contributed by atoms with Crippen LogP contribution in [0.15, 0.2) is 47.1 Å². The van der Waals surface area contributed by atoms with Gasteiger partial charge in [-0.3, -0.25) is 0 Å². The molecule has 0 radical (unpaired) electrons. The second-order valence-electron chi connectivity index (χ2n) is 4.93. The van der Waals surface area contributed by atoms with E-state index < -0.39 is 0 Å². The Bertz CT molecular complexity index is 491. The number of ether oxygens (including phenoxy) is 1. The molecule has 1 aromatic carbocycles. The lowest BCUT2D eigenvalue weighted by Gasteiger charge is -2.13. The fourth-order valence-electron chi connectivity index (χ4n) is 1.91. The molecule has 0 unspecified atom stereocenters. The highest BCUT2D eigenvalue weighted by atomic mass is 16.5. The number of hydrogen-bond acceptors (Lipinski definition) is 3.